The summed E-state index contributed by atoms with van der Waals surface area (Å²) in [5, 5.41) is 12.1. The molecule has 0 aliphatic rings. The Morgan fingerprint density at radius 3 is 2.76 bits per heavy atom. The van der Waals surface area contributed by atoms with E-state index in [0.717, 1.165) is 5.69 Å². The molecule has 0 spiro atoms. The van der Waals surface area contributed by atoms with Crippen molar-refractivity contribution in [2.24, 2.45) is 0 Å². The highest BCUT2D eigenvalue weighted by molar-refractivity contribution is 6.32. The van der Waals surface area contributed by atoms with Crippen molar-refractivity contribution in [2.45, 2.75) is 0 Å². The Labute approximate surface area is 103 Å². The predicted octanol–water partition coefficient (Wildman–Crippen LogP) is 2.33. The number of benzene rings is 1. The van der Waals surface area contributed by atoms with Gasteiger partial charge >= 0.3 is 0 Å². The molecule has 84 valence electrons. The molecule has 1 aromatic carbocycles. The van der Waals surface area contributed by atoms with Crippen molar-refractivity contribution in [1.29, 1.82) is 5.26 Å². The van der Waals surface area contributed by atoms with Crippen molar-refractivity contribution in [3.8, 4) is 6.07 Å². The minimum Gasteiger partial charge on any atom is -0.384 e. The summed E-state index contributed by atoms with van der Waals surface area (Å²) in [6.07, 6.45) is 1.36. The predicted molar refractivity (Wildman–Crippen MR) is 65.9 cm³/mol. The lowest BCUT2D eigenvalue weighted by Crippen LogP contribution is -1.97. The van der Waals surface area contributed by atoms with Gasteiger partial charge in [0, 0.05) is 11.8 Å². The number of hydrogen-bond donors (Lipinski definition) is 2. The molecule has 0 unspecified atom stereocenters. The van der Waals surface area contributed by atoms with E-state index in [9.17, 15) is 0 Å². The van der Waals surface area contributed by atoms with Crippen LogP contribution in [0.5, 0.6) is 0 Å². The van der Waals surface area contributed by atoms with Gasteiger partial charge < -0.3 is 11.1 Å². The third-order valence-electron chi connectivity index (χ3n) is 2.05. The van der Waals surface area contributed by atoms with Crippen molar-refractivity contribution in [3.63, 3.8) is 0 Å². The molecular formula is C11H8ClN5. The average molecular weight is 246 g/mol. The Morgan fingerprint density at radius 1 is 1.29 bits per heavy atom. The van der Waals surface area contributed by atoms with Crippen molar-refractivity contribution in [2.75, 3.05) is 11.1 Å². The lowest BCUT2D eigenvalue weighted by molar-refractivity contribution is 1.18. The second-order valence-corrected chi connectivity index (χ2v) is 3.67. The van der Waals surface area contributed by atoms with E-state index < -0.39 is 0 Å². The van der Waals surface area contributed by atoms with E-state index in [4.69, 9.17) is 22.6 Å². The van der Waals surface area contributed by atoms with Crippen LogP contribution in [0.25, 0.3) is 0 Å². The molecule has 1 aromatic heterocycles. The molecule has 0 saturated heterocycles. The standard InChI is InChI=1S/C11H8ClN5/c12-9-3-8(2-1-7(9)5-13)17-11-4-10(14)15-6-16-11/h1-4,6H,(H3,14,15,16,17). The van der Waals surface area contributed by atoms with E-state index in [-0.39, 0.29) is 0 Å². The molecule has 3 N–H and O–H groups in total. The zero-order chi connectivity index (χ0) is 12.3. The number of nitrogens with zero attached hydrogens (tertiary/aromatic N) is 3. The van der Waals surface area contributed by atoms with Crippen molar-refractivity contribution >= 4 is 28.9 Å². The maximum atomic E-state index is 8.74. The van der Waals surface area contributed by atoms with Gasteiger partial charge in [0.1, 0.15) is 24.0 Å². The second kappa shape index (κ2) is 4.68. The van der Waals surface area contributed by atoms with Gasteiger partial charge in [0.25, 0.3) is 0 Å². The zero-order valence-electron chi connectivity index (χ0n) is 8.68. The first-order valence-corrected chi connectivity index (χ1v) is 5.11. The number of nitriles is 1. The highest BCUT2D eigenvalue weighted by atomic mass is 35.5. The number of halogens is 1. The Kier molecular flexibility index (Phi) is 3.08. The van der Waals surface area contributed by atoms with Gasteiger partial charge in [-0.2, -0.15) is 5.26 Å². The lowest BCUT2D eigenvalue weighted by atomic mass is 10.2. The van der Waals surface area contributed by atoms with Gasteiger partial charge in [-0.05, 0) is 18.2 Å². The van der Waals surface area contributed by atoms with E-state index >= 15 is 0 Å². The van der Waals surface area contributed by atoms with Crippen LogP contribution in [-0.4, -0.2) is 9.97 Å². The molecule has 0 radical (unpaired) electrons. The van der Waals surface area contributed by atoms with Crippen LogP contribution in [0.3, 0.4) is 0 Å². The maximum absolute atomic E-state index is 8.74. The van der Waals surface area contributed by atoms with Crippen LogP contribution in [0.2, 0.25) is 5.02 Å². The highest BCUT2D eigenvalue weighted by Gasteiger charge is 2.02. The number of anilines is 3. The topological polar surface area (TPSA) is 87.6 Å². The van der Waals surface area contributed by atoms with Crippen molar-refractivity contribution < 1.29 is 0 Å². The van der Waals surface area contributed by atoms with E-state index in [2.05, 4.69) is 15.3 Å². The number of nitrogens with two attached hydrogens (primary N) is 1. The van der Waals surface area contributed by atoms with Gasteiger partial charge in [-0.15, -0.1) is 0 Å². The van der Waals surface area contributed by atoms with E-state index in [1.165, 1.54) is 6.33 Å². The number of rotatable bonds is 2. The van der Waals surface area contributed by atoms with Crippen molar-refractivity contribution in [1.82, 2.24) is 9.97 Å². The van der Waals surface area contributed by atoms with Crippen LogP contribution in [0.4, 0.5) is 17.3 Å². The molecule has 0 atom stereocenters. The highest BCUT2D eigenvalue weighted by Crippen LogP contribution is 2.22. The van der Waals surface area contributed by atoms with E-state index in [0.29, 0.717) is 22.2 Å². The van der Waals surface area contributed by atoms with Crippen LogP contribution in [0.1, 0.15) is 5.56 Å². The zero-order valence-corrected chi connectivity index (χ0v) is 9.44. The summed E-state index contributed by atoms with van der Waals surface area (Å²) in [5.74, 6) is 0.945. The summed E-state index contributed by atoms with van der Waals surface area (Å²) in [4.78, 5) is 7.78. The Morgan fingerprint density at radius 2 is 2.12 bits per heavy atom. The van der Waals surface area contributed by atoms with Crippen LogP contribution < -0.4 is 11.1 Å². The molecule has 1 heterocycles. The largest absolute Gasteiger partial charge is 0.384 e. The van der Waals surface area contributed by atoms with Crippen molar-refractivity contribution in [3.05, 3.63) is 41.2 Å². The molecule has 2 rings (SSSR count). The Hall–Kier alpha value is -2.32. The summed E-state index contributed by atoms with van der Waals surface area (Å²) in [6, 6.07) is 8.62. The van der Waals surface area contributed by atoms with Gasteiger partial charge in [-0.1, -0.05) is 11.6 Å². The van der Waals surface area contributed by atoms with Gasteiger partial charge in [0.2, 0.25) is 0 Å². The summed E-state index contributed by atoms with van der Waals surface area (Å²) < 4.78 is 0. The van der Waals surface area contributed by atoms with E-state index in [1.54, 1.807) is 24.3 Å². The molecular weight excluding hydrogens is 238 g/mol. The summed E-state index contributed by atoms with van der Waals surface area (Å²) in [6.45, 7) is 0. The van der Waals surface area contributed by atoms with Gasteiger partial charge in [0.05, 0.1) is 10.6 Å². The Bertz CT molecular complexity index is 591. The first-order chi connectivity index (χ1) is 8.19. The molecule has 6 heteroatoms. The third kappa shape index (κ3) is 2.62. The number of aromatic nitrogens is 2. The monoisotopic (exact) mass is 245 g/mol. The van der Waals surface area contributed by atoms with Crippen LogP contribution in [0.15, 0.2) is 30.6 Å². The fourth-order valence-corrected chi connectivity index (χ4v) is 1.49. The lowest BCUT2D eigenvalue weighted by Gasteiger charge is -2.06. The third-order valence-corrected chi connectivity index (χ3v) is 2.36. The molecule has 0 fully saturated rings. The number of nitrogen functional groups attached to an aromatic ring is 1. The summed E-state index contributed by atoms with van der Waals surface area (Å²) >= 11 is 5.91. The molecule has 17 heavy (non-hydrogen) atoms. The average Bonchev–Trinajstić information content (AvgIpc) is 2.29. The van der Waals surface area contributed by atoms with Crippen LogP contribution in [0, 0.1) is 11.3 Å². The van der Waals surface area contributed by atoms with Gasteiger partial charge in [-0.3, -0.25) is 0 Å². The quantitative estimate of drug-likeness (QED) is 0.848. The van der Waals surface area contributed by atoms with Crippen LogP contribution in [-0.2, 0) is 0 Å². The fraction of sp³-hybridized carbons (Fsp3) is 0. The van der Waals surface area contributed by atoms with Gasteiger partial charge in [-0.25, -0.2) is 9.97 Å². The SMILES string of the molecule is N#Cc1ccc(Nc2cc(N)ncn2)cc1Cl. The first-order valence-electron chi connectivity index (χ1n) is 4.73. The number of nitrogens with one attached hydrogen (secondary N) is 1. The number of hydrogen-bond acceptors (Lipinski definition) is 5. The molecule has 2 aromatic rings. The minimum absolute atomic E-state index is 0.377. The smallest absolute Gasteiger partial charge is 0.135 e. The molecule has 0 amide bonds. The first kappa shape index (κ1) is 11.2. The maximum Gasteiger partial charge on any atom is 0.135 e. The molecule has 0 bridgehead atoms. The van der Waals surface area contributed by atoms with Crippen LogP contribution >= 0.6 is 11.6 Å². The normalized spacial score (nSPS) is 9.65. The van der Waals surface area contributed by atoms with E-state index in [1.807, 2.05) is 6.07 Å². The second-order valence-electron chi connectivity index (χ2n) is 3.26. The summed E-state index contributed by atoms with van der Waals surface area (Å²) in [7, 11) is 0. The minimum atomic E-state index is 0.377. The Balaban J connectivity index is 2.25. The van der Waals surface area contributed by atoms with Gasteiger partial charge in [0.15, 0.2) is 0 Å². The fourth-order valence-electron chi connectivity index (χ4n) is 1.27. The summed E-state index contributed by atoms with van der Waals surface area (Å²) in [5.41, 5.74) is 6.69. The molecule has 0 saturated carbocycles. The molecule has 5 nitrogen and oxygen atoms in total. The molecule has 0 aliphatic heterocycles. The molecule has 0 aliphatic carbocycles.